The van der Waals surface area contributed by atoms with E-state index in [1.54, 1.807) is 6.07 Å². The number of carbonyl (C=O) groups is 3. The minimum Gasteiger partial charge on any atom is -0.493 e. The Labute approximate surface area is 160 Å². The molecule has 0 aliphatic carbocycles. The van der Waals surface area contributed by atoms with Crippen LogP contribution in [0, 0.1) is 12.3 Å². The third kappa shape index (κ3) is 5.04. The molecule has 2 rings (SSSR count). The van der Waals surface area contributed by atoms with Gasteiger partial charge in [-0.15, -0.1) is 6.42 Å². The molecule has 0 spiro atoms. The Morgan fingerprint density at radius 1 is 1.18 bits per heavy atom. The normalized spacial score (nSPS) is 9.75. The number of rotatable bonds is 8. The lowest BCUT2D eigenvalue weighted by molar-refractivity contribution is -0.123. The van der Waals surface area contributed by atoms with E-state index in [4.69, 9.17) is 25.1 Å². The van der Waals surface area contributed by atoms with E-state index >= 15 is 0 Å². The monoisotopic (exact) mass is 386 g/mol. The van der Waals surface area contributed by atoms with Crippen LogP contribution in [0.4, 0.5) is 5.69 Å². The van der Waals surface area contributed by atoms with Gasteiger partial charge in [-0.1, -0.05) is 5.92 Å². The molecular formula is C19H18N2O7. The fourth-order valence-electron chi connectivity index (χ4n) is 2.15. The molecule has 0 aliphatic heterocycles. The van der Waals surface area contributed by atoms with Crippen molar-refractivity contribution in [1.82, 2.24) is 5.32 Å². The smallest absolute Gasteiger partial charge is 0.340 e. The van der Waals surface area contributed by atoms with E-state index in [1.807, 2.05) is 0 Å². The molecule has 1 aromatic heterocycles. The fraction of sp³-hybridized carbons (Fsp3) is 0.211. The molecule has 0 aliphatic rings. The third-order valence-electron chi connectivity index (χ3n) is 3.46. The van der Waals surface area contributed by atoms with Crippen molar-refractivity contribution in [2.45, 2.75) is 0 Å². The van der Waals surface area contributed by atoms with Crippen molar-refractivity contribution in [3.05, 3.63) is 41.9 Å². The van der Waals surface area contributed by atoms with Gasteiger partial charge in [0, 0.05) is 12.1 Å². The van der Waals surface area contributed by atoms with Crippen LogP contribution in [0.2, 0.25) is 0 Å². The summed E-state index contributed by atoms with van der Waals surface area (Å²) in [4.78, 5) is 36.3. The Balaban J connectivity index is 2.27. The van der Waals surface area contributed by atoms with Crippen molar-refractivity contribution in [3.8, 4) is 23.8 Å². The molecule has 0 saturated carbocycles. The number of hydrogen-bond acceptors (Lipinski definition) is 7. The Morgan fingerprint density at radius 2 is 1.89 bits per heavy atom. The SMILES string of the molecule is C#CCNC(=O)COC(=O)c1cc(OC)c(OC)cc1NC(=O)c1ccco1. The average Bonchev–Trinajstić information content (AvgIpc) is 3.25. The molecule has 0 fully saturated rings. The predicted octanol–water partition coefficient (Wildman–Crippen LogP) is 1.46. The summed E-state index contributed by atoms with van der Waals surface area (Å²) in [6.45, 7) is -0.530. The van der Waals surface area contributed by atoms with Gasteiger partial charge in [-0.2, -0.15) is 0 Å². The molecule has 9 heteroatoms. The molecule has 2 aromatic rings. The Morgan fingerprint density at radius 3 is 2.50 bits per heavy atom. The summed E-state index contributed by atoms with van der Waals surface area (Å²) < 4.78 is 20.4. The topological polar surface area (TPSA) is 116 Å². The van der Waals surface area contributed by atoms with Gasteiger partial charge < -0.3 is 29.3 Å². The van der Waals surface area contributed by atoms with Crippen LogP contribution in [-0.4, -0.2) is 45.2 Å². The molecule has 9 nitrogen and oxygen atoms in total. The summed E-state index contributed by atoms with van der Waals surface area (Å²) in [6.07, 6.45) is 6.38. The van der Waals surface area contributed by atoms with Gasteiger partial charge in [0.25, 0.3) is 11.8 Å². The summed E-state index contributed by atoms with van der Waals surface area (Å²) in [5.74, 6) is 0.789. The van der Waals surface area contributed by atoms with Crippen molar-refractivity contribution in [3.63, 3.8) is 0 Å². The van der Waals surface area contributed by atoms with E-state index < -0.39 is 24.4 Å². The van der Waals surface area contributed by atoms with E-state index in [0.717, 1.165) is 0 Å². The standard InChI is InChI=1S/C19H18N2O7/c1-4-7-20-17(22)11-28-19(24)12-9-15(25-2)16(26-3)10-13(12)21-18(23)14-6-5-8-27-14/h1,5-6,8-10H,7,11H2,2-3H3,(H,20,22)(H,21,23). The fourth-order valence-corrected chi connectivity index (χ4v) is 2.15. The molecule has 0 radical (unpaired) electrons. The van der Waals surface area contributed by atoms with Crippen LogP contribution in [0.3, 0.4) is 0 Å². The molecular weight excluding hydrogens is 368 g/mol. The molecule has 146 valence electrons. The second-order valence-electron chi connectivity index (χ2n) is 5.24. The minimum atomic E-state index is -0.855. The highest BCUT2D eigenvalue weighted by Gasteiger charge is 2.21. The number of carbonyl (C=O) groups excluding carboxylic acids is 3. The highest BCUT2D eigenvalue weighted by atomic mass is 16.5. The van der Waals surface area contributed by atoms with Gasteiger partial charge in [0.2, 0.25) is 0 Å². The van der Waals surface area contributed by atoms with Gasteiger partial charge in [0.05, 0.1) is 38.3 Å². The van der Waals surface area contributed by atoms with Crippen LogP contribution < -0.4 is 20.1 Å². The first-order valence-corrected chi connectivity index (χ1v) is 7.98. The van der Waals surface area contributed by atoms with Crippen molar-refractivity contribution in [2.24, 2.45) is 0 Å². The number of hydrogen-bond donors (Lipinski definition) is 2. The number of anilines is 1. The van der Waals surface area contributed by atoms with Gasteiger partial charge >= 0.3 is 5.97 Å². The lowest BCUT2D eigenvalue weighted by atomic mass is 10.1. The molecule has 0 saturated heterocycles. The average molecular weight is 386 g/mol. The first-order valence-electron chi connectivity index (χ1n) is 7.98. The maximum absolute atomic E-state index is 12.5. The zero-order chi connectivity index (χ0) is 20.5. The zero-order valence-corrected chi connectivity index (χ0v) is 15.2. The minimum absolute atomic E-state index is 0.0111. The maximum atomic E-state index is 12.5. The molecule has 0 bridgehead atoms. The largest absolute Gasteiger partial charge is 0.493 e. The van der Waals surface area contributed by atoms with E-state index in [2.05, 4.69) is 16.6 Å². The summed E-state index contributed by atoms with van der Waals surface area (Å²) in [5.41, 5.74) is 0.0513. The van der Waals surface area contributed by atoms with E-state index in [0.29, 0.717) is 0 Å². The van der Waals surface area contributed by atoms with Gasteiger partial charge in [-0.25, -0.2) is 4.79 Å². The summed E-state index contributed by atoms with van der Waals surface area (Å²) in [6, 6.07) is 5.74. The highest BCUT2D eigenvalue weighted by Crippen LogP contribution is 2.34. The maximum Gasteiger partial charge on any atom is 0.340 e. The number of terminal acetylenes is 1. The molecule has 2 amide bonds. The number of benzene rings is 1. The Bertz CT molecular complexity index is 898. The number of amides is 2. The summed E-state index contributed by atoms with van der Waals surface area (Å²) in [5, 5.41) is 4.91. The van der Waals surface area contributed by atoms with Crippen LogP contribution in [0.25, 0.3) is 0 Å². The van der Waals surface area contributed by atoms with Crippen LogP contribution >= 0.6 is 0 Å². The number of furan rings is 1. The van der Waals surface area contributed by atoms with Crippen LogP contribution in [0.15, 0.2) is 34.9 Å². The summed E-state index contributed by atoms with van der Waals surface area (Å²) in [7, 11) is 2.80. The molecule has 1 heterocycles. The molecule has 2 N–H and O–H groups in total. The number of methoxy groups -OCH3 is 2. The lowest BCUT2D eigenvalue weighted by Crippen LogP contribution is -2.29. The highest BCUT2D eigenvalue weighted by molar-refractivity contribution is 6.07. The van der Waals surface area contributed by atoms with Gasteiger partial charge in [-0.3, -0.25) is 9.59 Å². The predicted molar refractivity (Wildman–Crippen MR) is 98.3 cm³/mol. The second kappa shape index (κ2) is 9.68. The number of esters is 1. The summed E-state index contributed by atoms with van der Waals surface area (Å²) >= 11 is 0. The molecule has 0 unspecified atom stereocenters. The zero-order valence-electron chi connectivity index (χ0n) is 15.2. The number of nitrogens with one attached hydrogen (secondary N) is 2. The molecule has 28 heavy (non-hydrogen) atoms. The van der Waals surface area contributed by atoms with Crippen molar-refractivity contribution in [2.75, 3.05) is 32.7 Å². The number of ether oxygens (including phenoxy) is 3. The van der Waals surface area contributed by atoms with E-state index in [1.165, 1.54) is 38.7 Å². The first-order chi connectivity index (χ1) is 13.5. The van der Waals surface area contributed by atoms with E-state index in [-0.39, 0.29) is 35.1 Å². The van der Waals surface area contributed by atoms with Crippen molar-refractivity contribution >= 4 is 23.5 Å². The van der Waals surface area contributed by atoms with Gasteiger partial charge in [-0.05, 0) is 12.1 Å². The van der Waals surface area contributed by atoms with E-state index in [9.17, 15) is 14.4 Å². The van der Waals surface area contributed by atoms with Gasteiger partial charge in [0.1, 0.15) is 0 Å². The molecule has 0 atom stereocenters. The Hall–Kier alpha value is -3.93. The lowest BCUT2D eigenvalue weighted by Gasteiger charge is -2.15. The Kier molecular flexibility index (Phi) is 7.05. The van der Waals surface area contributed by atoms with Crippen LogP contribution in [-0.2, 0) is 9.53 Å². The quantitative estimate of drug-likeness (QED) is 0.521. The third-order valence-corrected chi connectivity index (χ3v) is 3.46. The van der Waals surface area contributed by atoms with Crippen molar-refractivity contribution < 1.29 is 33.0 Å². The van der Waals surface area contributed by atoms with Crippen LogP contribution in [0.1, 0.15) is 20.9 Å². The van der Waals surface area contributed by atoms with Gasteiger partial charge in [0.15, 0.2) is 23.9 Å². The second-order valence-corrected chi connectivity index (χ2v) is 5.24. The molecule has 1 aromatic carbocycles. The first kappa shape index (κ1) is 20.4. The van der Waals surface area contributed by atoms with Crippen molar-refractivity contribution in [1.29, 1.82) is 0 Å². The van der Waals surface area contributed by atoms with Crippen LogP contribution in [0.5, 0.6) is 11.5 Å².